The summed E-state index contributed by atoms with van der Waals surface area (Å²) in [6.07, 6.45) is 1.08. The molecule has 4 rings (SSSR count). The van der Waals surface area contributed by atoms with Gasteiger partial charge in [-0.05, 0) is 43.0 Å². The summed E-state index contributed by atoms with van der Waals surface area (Å²) in [6, 6.07) is 15.8. The summed E-state index contributed by atoms with van der Waals surface area (Å²) in [4.78, 5) is 16.9. The van der Waals surface area contributed by atoms with E-state index < -0.39 is 0 Å². The van der Waals surface area contributed by atoms with E-state index in [0.717, 1.165) is 12.0 Å². The Bertz CT molecular complexity index is 997. The first-order valence-corrected chi connectivity index (χ1v) is 9.78. The molecular formula is C23H24N2O4. The predicted molar refractivity (Wildman–Crippen MR) is 109 cm³/mol. The first-order chi connectivity index (χ1) is 14.1. The summed E-state index contributed by atoms with van der Waals surface area (Å²) in [6.45, 7) is 4.84. The van der Waals surface area contributed by atoms with Crippen LogP contribution < -0.4 is 14.8 Å². The summed E-state index contributed by atoms with van der Waals surface area (Å²) in [5, 5.41) is 2.98. The maximum Gasteiger partial charge on any atom is 0.231 e. The minimum atomic E-state index is -0.0566. The van der Waals surface area contributed by atoms with Gasteiger partial charge in [-0.2, -0.15) is 0 Å². The lowest BCUT2D eigenvalue weighted by Crippen LogP contribution is -2.27. The number of aryl methyl sites for hydroxylation is 1. The van der Waals surface area contributed by atoms with Crippen molar-refractivity contribution in [2.75, 3.05) is 13.3 Å². The Balaban J connectivity index is 1.33. The van der Waals surface area contributed by atoms with Gasteiger partial charge in [-0.15, -0.1) is 0 Å². The number of carbonyl (C=O) groups excluding carboxylic acids is 1. The molecule has 2 heterocycles. The van der Waals surface area contributed by atoms with Crippen LogP contribution in [0.5, 0.6) is 11.5 Å². The highest BCUT2D eigenvalue weighted by Crippen LogP contribution is 2.36. The molecule has 1 amide bonds. The summed E-state index contributed by atoms with van der Waals surface area (Å²) in [5.41, 5.74) is 2.72. The Labute approximate surface area is 169 Å². The fraction of sp³-hybridized carbons (Fsp3) is 0.304. The third kappa shape index (κ3) is 4.42. The van der Waals surface area contributed by atoms with E-state index in [0.29, 0.717) is 41.3 Å². The second-order valence-electron chi connectivity index (χ2n) is 7.22. The molecule has 0 radical (unpaired) electrons. The van der Waals surface area contributed by atoms with Gasteiger partial charge in [0.15, 0.2) is 11.5 Å². The monoisotopic (exact) mass is 392 g/mol. The standard InChI is InChI=1S/C23H24N2O4/c1-15(17-6-4-3-5-7-17)10-11-24-22(26)13-19-16(2)29-23(25-19)18-8-9-20-21(12-18)28-14-27-20/h3-9,12,15H,10-11,13-14H2,1-2H3,(H,24,26). The molecule has 0 fully saturated rings. The average molecular weight is 392 g/mol. The number of amides is 1. The number of nitrogens with one attached hydrogen (secondary N) is 1. The van der Waals surface area contributed by atoms with Crippen molar-refractivity contribution in [2.45, 2.75) is 32.6 Å². The minimum Gasteiger partial charge on any atom is -0.454 e. The fourth-order valence-corrected chi connectivity index (χ4v) is 3.34. The van der Waals surface area contributed by atoms with Crippen LogP contribution in [0.15, 0.2) is 52.9 Å². The molecule has 150 valence electrons. The van der Waals surface area contributed by atoms with Gasteiger partial charge in [0, 0.05) is 12.1 Å². The molecule has 3 aromatic rings. The first-order valence-electron chi connectivity index (χ1n) is 9.78. The van der Waals surface area contributed by atoms with Crippen molar-refractivity contribution in [3.63, 3.8) is 0 Å². The van der Waals surface area contributed by atoms with Crippen molar-refractivity contribution in [1.29, 1.82) is 0 Å². The van der Waals surface area contributed by atoms with Gasteiger partial charge >= 0.3 is 0 Å². The Kier molecular flexibility index (Phi) is 5.51. The maximum atomic E-state index is 12.4. The highest BCUT2D eigenvalue weighted by Gasteiger charge is 2.18. The third-order valence-electron chi connectivity index (χ3n) is 5.11. The molecular weight excluding hydrogens is 368 g/mol. The van der Waals surface area contributed by atoms with Crippen molar-refractivity contribution in [1.82, 2.24) is 10.3 Å². The van der Waals surface area contributed by atoms with Gasteiger partial charge in [0.05, 0.1) is 12.1 Å². The lowest BCUT2D eigenvalue weighted by molar-refractivity contribution is -0.120. The molecule has 6 nitrogen and oxygen atoms in total. The number of oxazole rings is 1. The number of rotatable bonds is 7. The van der Waals surface area contributed by atoms with Gasteiger partial charge in [0.25, 0.3) is 0 Å². The van der Waals surface area contributed by atoms with Crippen LogP contribution in [-0.4, -0.2) is 24.2 Å². The van der Waals surface area contributed by atoms with Crippen LogP contribution >= 0.6 is 0 Å². The topological polar surface area (TPSA) is 73.6 Å². The molecule has 6 heteroatoms. The number of benzene rings is 2. The zero-order valence-electron chi connectivity index (χ0n) is 16.6. The van der Waals surface area contributed by atoms with E-state index in [-0.39, 0.29) is 19.1 Å². The predicted octanol–water partition coefficient (Wildman–Crippen LogP) is 4.23. The Morgan fingerprint density at radius 1 is 1.14 bits per heavy atom. The number of aromatic nitrogens is 1. The number of nitrogens with zero attached hydrogens (tertiary/aromatic N) is 1. The van der Waals surface area contributed by atoms with E-state index in [2.05, 4.69) is 29.4 Å². The molecule has 0 spiro atoms. The number of hydrogen-bond donors (Lipinski definition) is 1. The van der Waals surface area contributed by atoms with E-state index in [1.54, 1.807) is 0 Å². The van der Waals surface area contributed by atoms with Gasteiger partial charge < -0.3 is 19.2 Å². The van der Waals surface area contributed by atoms with E-state index in [4.69, 9.17) is 13.9 Å². The zero-order valence-corrected chi connectivity index (χ0v) is 16.6. The highest BCUT2D eigenvalue weighted by atomic mass is 16.7. The van der Waals surface area contributed by atoms with Crippen LogP contribution in [-0.2, 0) is 11.2 Å². The number of ether oxygens (including phenoxy) is 2. The van der Waals surface area contributed by atoms with Gasteiger partial charge in [-0.1, -0.05) is 37.3 Å². The lowest BCUT2D eigenvalue weighted by Gasteiger charge is -2.12. The molecule has 1 aromatic heterocycles. The molecule has 1 N–H and O–H groups in total. The smallest absolute Gasteiger partial charge is 0.231 e. The normalized spacial score (nSPS) is 13.3. The highest BCUT2D eigenvalue weighted by molar-refractivity contribution is 5.78. The largest absolute Gasteiger partial charge is 0.454 e. The van der Waals surface area contributed by atoms with Gasteiger partial charge in [0.2, 0.25) is 18.6 Å². The summed E-state index contributed by atoms with van der Waals surface area (Å²) in [5.74, 6) is 2.83. The van der Waals surface area contributed by atoms with E-state index in [1.807, 2.05) is 43.3 Å². The Hall–Kier alpha value is -3.28. The Morgan fingerprint density at radius 2 is 1.93 bits per heavy atom. The third-order valence-corrected chi connectivity index (χ3v) is 5.11. The molecule has 2 aromatic carbocycles. The molecule has 1 aliphatic heterocycles. The second-order valence-corrected chi connectivity index (χ2v) is 7.22. The van der Waals surface area contributed by atoms with Crippen molar-refractivity contribution in [3.8, 4) is 23.0 Å². The molecule has 0 aliphatic carbocycles. The average Bonchev–Trinajstić information content (AvgIpc) is 3.34. The molecule has 29 heavy (non-hydrogen) atoms. The van der Waals surface area contributed by atoms with Gasteiger partial charge in [0.1, 0.15) is 5.76 Å². The van der Waals surface area contributed by atoms with E-state index >= 15 is 0 Å². The van der Waals surface area contributed by atoms with Crippen LogP contribution in [0.3, 0.4) is 0 Å². The zero-order chi connectivity index (χ0) is 20.2. The molecule has 1 unspecified atom stereocenters. The summed E-state index contributed by atoms with van der Waals surface area (Å²) < 4.78 is 16.5. The lowest BCUT2D eigenvalue weighted by atomic mass is 9.98. The van der Waals surface area contributed by atoms with E-state index in [9.17, 15) is 4.79 Å². The van der Waals surface area contributed by atoms with Crippen molar-refractivity contribution in [3.05, 3.63) is 65.5 Å². The van der Waals surface area contributed by atoms with Crippen molar-refractivity contribution >= 4 is 5.91 Å². The maximum absolute atomic E-state index is 12.4. The van der Waals surface area contributed by atoms with Crippen molar-refractivity contribution < 1.29 is 18.7 Å². The SMILES string of the molecule is Cc1oc(-c2ccc3c(c2)OCO3)nc1CC(=O)NCCC(C)c1ccccc1. The molecule has 0 saturated carbocycles. The van der Waals surface area contributed by atoms with Gasteiger partial charge in [-0.3, -0.25) is 4.79 Å². The van der Waals surface area contributed by atoms with Crippen LogP contribution in [0.25, 0.3) is 11.5 Å². The number of hydrogen-bond acceptors (Lipinski definition) is 5. The first kappa shape index (κ1) is 19.1. The quantitative estimate of drug-likeness (QED) is 0.651. The summed E-state index contributed by atoms with van der Waals surface area (Å²) in [7, 11) is 0. The van der Waals surface area contributed by atoms with Crippen LogP contribution in [0.1, 0.15) is 36.3 Å². The minimum absolute atomic E-state index is 0.0566. The number of fused-ring (bicyclic) bond motifs is 1. The van der Waals surface area contributed by atoms with Crippen LogP contribution in [0.4, 0.5) is 0 Å². The second kappa shape index (κ2) is 8.39. The van der Waals surface area contributed by atoms with E-state index in [1.165, 1.54) is 5.56 Å². The van der Waals surface area contributed by atoms with Crippen molar-refractivity contribution in [2.24, 2.45) is 0 Å². The molecule has 1 atom stereocenters. The fourth-order valence-electron chi connectivity index (χ4n) is 3.34. The molecule has 0 bridgehead atoms. The van der Waals surface area contributed by atoms with Gasteiger partial charge in [-0.25, -0.2) is 4.98 Å². The number of carbonyl (C=O) groups is 1. The summed E-state index contributed by atoms with van der Waals surface area (Å²) >= 11 is 0. The Morgan fingerprint density at radius 3 is 2.76 bits per heavy atom. The molecule has 0 saturated heterocycles. The molecule has 1 aliphatic rings. The van der Waals surface area contributed by atoms with Crippen LogP contribution in [0, 0.1) is 6.92 Å². The van der Waals surface area contributed by atoms with Crippen LogP contribution in [0.2, 0.25) is 0 Å².